The zero-order valence-electron chi connectivity index (χ0n) is 24.1. The van der Waals surface area contributed by atoms with Gasteiger partial charge in [-0.25, -0.2) is 4.79 Å². The largest absolute Gasteiger partial charge is 0.478 e. The zero-order chi connectivity index (χ0) is 28.1. The number of carboxylic acid groups (broad SMARTS) is 1. The normalized spacial score (nSPS) is 22.3. The lowest BCUT2D eigenvalue weighted by Crippen LogP contribution is -2.46. The predicted molar refractivity (Wildman–Crippen MR) is 163 cm³/mol. The molecule has 1 atom stereocenters. The molecule has 1 aliphatic carbocycles. The van der Waals surface area contributed by atoms with E-state index < -0.39 is 5.97 Å². The third-order valence-corrected chi connectivity index (χ3v) is 10.2. The van der Waals surface area contributed by atoms with Gasteiger partial charge in [-0.3, -0.25) is 9.69 Å². The van der Waals surface area contributed by atoms with Crippen LogP contribution in [0.3, 0.4) is 0 Å². The van der Waals surface area contributed by atoms with Crippen LogP contribution in [0.2, 0.25) is 0 Å². The highest BCUT2D eigenvalue weighted by Crippen LogP contribution is 2.46. The Hall–Kier alpha value is -3.38. The molecule has 1 N–H and O–H groups in total. The predicted octanol–water partition coefficient (Wildman–Crippen LogP) is 6.78. The summed E-state index contributed by atoms with van der Waals surface area (Å²) in [6, 6.07) is 14.6. The fraction of sp³-hybridized carbons (Fsp3) is 0.486. The Kier molecular flexibility index (Phi) is 6.98. The average molecular weight is 552 g/mol. The second kappa shape index (κ2) is 10.8. The molecule has 6 nitrogen and oxygen atoms in total. The SMILES string of the molecule is C[C@H]1CCN(C2CCN(C(=O)C3=Cc4ccccc4-c4c(C5CCCCC5)c5ccc(C(=O)O)cc5n4C3)CC2)C1. The summed E-state index contributed by atoms with van der Waals surface area (Å²) in [6.07, 6.45) is 11.5. The fourth-order valence-electron chi connectivity index (χ4n) is 8.08. The number of aromatic nitrogens is 1. The van der Waals surface area contributed by atoms with Gasteiger partial charge in [0.25, 0.3) is 5.91 Å². The first-order valence-corrected chi connectivity index (χ1v) is 15.7. The van der Waals surface area contributed by atoms with Gasteiger partial charge in [-0.2, -0.15) is 0 Å². The van der Waals surface area contributed by atoms with Crippen LogP contribution < -0.4 is 0 Å². The Labute approximate surface area is 242 Å². The summed E-state index contributed by atoms with van der Waals surface area (Å²) in [5.74, 6) is 0.418. The molecule has 6 heteroatoms. The van der Waals surface area contributed by atoms with E-state index in [0.29, 0.717) is 24.1 Å². The van der Waals surface area contributed by atoms with Gasteiger partial charge in [0.05, 0.1) is 17.8 Å². The highest BCUT2D eigenvalue weighted by atomic mass is 16.4. The summed E-state index contributed by atoms with van der Waals surface area (Å²) >= 11 is 0. The number of hydrogen-bond donors (Lipinski definition) is 1. The van der Waals surface area contributed by atoms with Crippen molar-refractivity contribution in [2.24, 2.45) is 5.92 Å². The van der Waals surface area contributed by atoms with Crippen LogP contribution in [0.5, 0.6) is 0 Å². The van der Waals surface area contributed by atoms with Crippen molar-refractivity contribution >= 4 is 28.9 Å². The summed E-state index contributed by atoms with van der Waals surface area (Å²) < 4.78 is 2.26. The Bertz CT molecular complexity index is 1520. The van der Waals surface area contributed by atoms with Crippen LogP contribution in [0, 0.1) is 5.92 Å². The number of amides is 1. The van der Waals surface area contributed by atoms with Crippen LogP contribution in [0.1, 0.15) is 85.7 Å². The first-order chi connectivity index (χ1) is 20.0. The van der Waals surface area contributed by atoms with E-state index in [4.69, 9.17) is 0 Å². The summed E-state index contributed by atoms with van der Waals surface area (Å²) in [5.41, 5.74) is 6.74. The van der Waals surface area contributed by atoms with Crippen LogP contribution in [0.4, 0.5) is 0 Å². The van der Waals surface area contributed by atoms with Crippen molar-refractivity contribution in [1.82, 2.24) is 14.4 Å². The lowest BCUT2D eigenvalue weighted by molar-refractivity contribution is -0.128. The van der Waals surface area contributed by atoms with E-state index in [1.54, 1.807) is 6.07 Å². The second-order valence-corrected chi connectivity index (χ2v) is 12.9. The topological polar surface area (TPSA) is 65.8 Å². The molecule has 1 amide bonds. The molecule has 1 aromatic heterocycles. The first kappa shape index (κ1) is 26.5. The van der Waals surface area contributed by atoms with Crippen molar-refractivity contribution < 1.29 is 14.7 Å². The van der Waals surface area contributed by atoms with E-state index in [2.05, 4.69) is 51.6 Å². The minimum Gasteiger partial charge on any atom is -0.478 e. The van der Waals surface area contributed by atoms with Crippen LogP contribution in [0.15, 0.2) is 48.0 Å². The summed E-state index contributed by atoms with van der Waals surface area (Å²) in [4.78, 5) is 30.9. The van der Waals surface area contributed by atoms with E-state index in [9.17, 15) is 14.7 Å². The van der Waals surface area contributed by atoms with Crippen molar-refractivity contribution in [1.29, 1.82) is 0 Å². The van der Waals surface area contributed by atoms with Gasteiger partial charge >= 0.3 is 5.97 Å². The van der Waals surface area contributed by atoms with E-state index in [0.717, 1.165) is 72.3 Å². The van der Waals surface area contributed by atoms with Gasteiger partial charge in [-0.05, 0) is 79.8 Å². The van der Waals surface area contributed by atoms with Gasteiger partial charge in [0.15, 0.2) is 0 Å². The van der Waals surface area contributed by atoms with Gasteiger partial charge < -0.3 is 14.6 Å². The van der Waals surface area contributed by atoms with Crippen molar-refractivity contribution in [3.05, 3.63) is 64.7 Å². The summed E-state index contributed by atoms with van der Waals surface area (Å²) in [5, 5.41) is 11.0. The number of fused-ring (bicyclic) bond motifs is 5. The molecule has 0 unspecified atom stereocenters. The molecule has 0 spiro atoms. The molecular weight excluding hydrogens is 510 g/mol. The molecule has 1 saturated carbocycles. The number of likely N-dealkylation sites (tertiary alicyclic amines) is 2. The Morgan fingerprint density at radius 1 is 0.902 bits per heavy atom. The maximum absolute atomic E-state index is 14.2. The standard InChI is InChI=1S/C35H41N3O3/c1-23-13-16-37(21-23)28-14-17-36(18-15-28)34(39)27-19-25-9-5-6-10-29(25)33-32(24-7-3-2-4-8-24)30-12-11-26(35(40)41)20-31(30)38(33)22-27/h5-6,9-12,19-20,23-24,28H,2-4,7-8,13-18,21-22H2,1H3,(H,40,41)/t23-/m0/s1. The minimum absolute atomic E-state index is 0.122. The maximum Gasteiger partial charge on any atom is 0.335 e. The zero-order valence-corrected chi connectivity index (χ0v) is 24.1. The molecular formula is C35H41N3O3. The number of hydrogen-bond acceptors (Lipinski definition) is 3. The van der Waals surface area contributed by atoms with Gasteiger partial charge in [0.1, 0.15) is 0 Å². The van der Waals surface area contributed by atoms with Crippen molar-refractivity contribution in [2.45, 2.75) is 76.8 Å². The molecule has 4 heterocycles. The summed E-state index contributed by atoms with van der Waals surface area (Å²) in [6.45, 7) is 6.76. The van der Waals surface area contributed by atoms with Crippen LogP contribution in [-0.2, 0) is 11.3 Å². The van der Waals surface area contributed by atoms with Crippen molar-refractivity contribution in [3.63, 3.8) is 0 Å². The van der Waals surface area contributed by atoms with E-state index >= 15 is 0 Å². The third-order valence-electron chi connectivity index (χ3n) is 10.2. The number of carbonyl (C=O) groups excluding carboxylic acids is 1. The fourth-order valence-corrected chi connectivity index (χ4v) is 8.08. The van der Waals surface area contributed by atoms with Gasteiger partial charge in [0.2, 0.25) is 0 Å². The molecule has 0 radical (unpaired) electrons. The highest BCUT2D eigenvalue weighted by molar-refractivity contribution is 6.03. The Morgan fingerprint density at radius 2 is 1.68 bits per heavy atom. The molecule has 3 aliphatic heterocycles. The molecule has 214 valence electrons. The first-order valence-electron chi connectivity index (χ1n) is 15.7. The number of benzene rings is 2. The molecule has 7 rings (SSSR count). The molecule has 2 saturated heterocycles. The molecule has 3 fully saturated rings. The van der Waals surface area contributed by atoms with E-state index in [-0.39, 0.29) is 5.91 Å². The number of aromatic carboxylic acids is 1. The van der Waals surface area contributed by atoms with Crippen LogP contribution in [0.25, 0.3) is 28.2 Å². The molecule has 3 aromatic rings. The molecule has 41 heavy (non-hydrogen) atoms. The smallest absolute Gasteiger partial charge is 0.335 e. The van der Waals surface area contributed by atoms with E-state index in [1.807, 2.05) is 12.1 Å². The third kappa shape index (κ3) is 4.80. The minimum atomic E-state index is -0.919. The Morgan fingerprint density at radius 3 is 2.41 bits per heavy atom. The number of nitrogens with zero attached hydrogens (tertiary/aromatic N) is 3. The number of piperidine rings is 1. The lowest BCUT2D eigenvalue weighted by atomic mass is 9.81. The van der Waals surface area contributed by atoms with Crippen LogP contribution in [-0.4, -0.2) is 63.6 Å². The lowest BCUT2D eigenvalue weighted by Gasteiger charge is -2.37. The maximum atomic E-state index is 14.2. The quantitative estimate of drug-likeness (QED) is 0.388. The highest BCUT2D eigenvalue weighted by Gasteiger charge is 2.34. The number of carbonyl (C=O) groups is 2. The average Bonchev–Trinajstić information content (AvgIpc) is 3.52. The van der Waals surface area contributed by atoms with Gasteiger partial charge in [0, 0.05) is 47.7 Å². The monoisotopic (exact) mass is 551 g/mol. The molecule has 2 aromatic carbocycles. The van der Waals surface area contributed by atoms with Crippen molar-refractivity contribution in [2.75, 3.05) is 26.2 Å². The molecule has 0 bridgehead atoms. The number of carboxylic acids is 1. The number of rotatable bonds is 4. The van der Waals surface area contributed by atoms with Gasteiger partial charge in [-0.15, -0.1) is 0 Å². The molecule has 4 aliphatic rings. The van der Waals surface area contributed by atoms with Gasteiger partial charge in [-0.1, -0.05) is 56.5 Å². The Balaban J connectivity index is 1.28. The van der Waals surface area contributed by atoms with Crippen molar-refractivity contribution in [3.8, 4) is 11.3 Å². The second-order valence-electron chi connectivity index (χ2n) is 12.9. The van der Waals surface area contributed by atoms with Crippen LogP contribution >= 0.6 is 0 Å². The summed E-state index contributed by atoms with van der Waals surface area (Å²) in [7, 11) is 0. The van der Waals surface area contributed by atoms with E-state index in [1.165, 1.54) is 50.0 Å².